The standard InChI is InChI=1S/C17H23NO5/c1-11(2)12-5-3-4-6-13(12)22-10-9-18-16(19)14-7-8-15(23-14)17(20)21/h3-6,11,14-15H,7-10H2,1-2H3,(H,18,19)(H,20,21)/t14-,15+/m0/s1. The van der Waals surface area contributed by atoms with Gasteiger partial charge in [0.1, 0.15) is 18.5 Å². The molecule has 0 bridgehead atoms. The Balaban J connectivity index is 1.74. The lowest BCUT2D eigenvalue weighted by Gasteiger charge is -2.15. The molecule has 1 aliphatic rings. The lowest BCUT2D eigenvalue weighted by Crippen LogP contribution is -2.37. The Kier molecular flexibility index (Phi) is 5.98. The summed E-state index contributed by atoms with van der Waals surface area (Å²) in [5.41, 5.74) is 1.13. The third kappa shape index (κ3) is 4.69. The highest BCUT2D eigenvalue weighted by molar-refractivity contribution is 5.82. The second-order valence-electron chi connectivity index (χ2n) is 5.86. The summed E-state index contributed by atoms with van der Waals surface area (Å²) in [6.07, 6.45) is -0.759. The summed E-state index contributed by atoms with van der Waals surface area (Å²) in [7, 11) is 0. The molecule has 126 valence electrons. The zero-order valence-corrected chi connectivity index (χ0v) is 13.5. The maximum absolute atomic E-state index is 11.9. The first-order chi connectivity index (χ1) is 11.0. The molecule has 0 unspecified atom stereocenters. The van der Waals surface area contributed by atoms with Gasteiger partial charge in [0.25, 0.3) is 0 Å². The minimum Gasteiger partial charge on any atom is -0.491 e. The minimum atomic E-state index is -1.02. The molecule has 0 aliphatic carbocycles. The van der Waals surface area contributed by atoms with Crippen LogP contribution < -0.4 is 10.1 Å². The van der Waals surface area contributed by atoms with Crippen molar-refractivity contribution in [1.29, 1.82) is 0 Å². The number of para-hydroxylation sites is 1. The normalized spacial score (nSPS) is 20.5. The van der Waals surface area contributed by atoms with Crippen molar-refractivity contribution < 1.29 is 24.2 Å². The van der Waals surface area contributed by atoms with Gasteiger partial charge in [0.15, 0.2) is 6.10 Å². The van der Waals surface area contributed by atoms with Gasteiger partial charge in [0.2, 0.25) is 5.91 Å². The molecule has 1 aromatic rings. The zero-order chi connectivity index (χ0) is 16.8. The van der Waals surface area contributed by atoms with Gasteiger partial charge < -0.3 is 19.9 Å². The summed E-state index contributed by atoms with van der Waals surface area (Å²) in [5.74, 6) is -0.121. The van der Waals surface area contributed by atoms with Crippen molar-refractivity contribution in [3.63, 3.8) is 0 Å². The lowest BCUT2D eigenvalue weighted by molar-refractivity contribution is -0.151. The zero-order valence-electron chi connectivity index (χ0n) is 13.5. The number of nitrogens with one attached hydrogen (secondary N) is 1. The SMILES string of the molecule is CC(C)c1ccccc1OCCNC(=O)[C@@H]1CC[C@H](C(=O)O)O1. The highest BCUT2D eigenvalue weighted by Gasteiger charge is 2.34. The van der Waals surface area contributed by atoms with E-state index in [2.05, 4.69) is 19.2 Å². The summed E-state index contributed by atoms with van der Waals surface area (Å²) in [4.78, 5) is 22.7. The van der Waals surface area contributed by atoms with E-state index in [1.54, 1.807) is 0 Å². The molecule has 0 aromatic heterocycles. The van der Waals surface area contributed by atoms with Crippen LogP contribution in [0.3, 0.4) is 0 Å². The van der Waals surface area contributed by atoms with Crippen molar-refractivity contribution in [1.82, 2.24) is 5.32 Å². The molecule has 0 radical (unpaired) electrons. The van der Waals surface area contributed by atoms with Crippen LogP contribution >= 0.6 is 0 Å². The van der Waals surface area contributed by atoms with Crippen LogP contribution in [-0.2, 0) is 14.3 Å². The van der Waals surface area contributed by atoms with Crippen molar-refractivity contribution in [3.05, 3.63) is 29.8 Å². The first-order valence-corrected chi connectivity index (χ1v) is 7.86. The van der Waals surface area contributed by atoms with Crippen LogP contribution in [0.15, 0.2) is 24.3 Å². The Morgan fingerprint density at radius 1 is 1.30 bits per heavy atom. The molecule has 1 heterocycles. The van der Waals surface area contributed by atoms with E-state index < -0.39 is 18.2 Å². The van der Waals surface area contributed by atoms with Crippen molar-refractivity contribution in [2.24, 2.45) is 0 Å². The Hall–Kier alpha value is -2.08. The number of benzene rings is 1. The Labute approximate surface area is 135 Å². The van der Waals surface area contributed by atoms with Crippen molar-refractivity contribution in [3.8, 4) is 5.75 Å². The largest absolute Gasteiger partial charge is 0.491 e. The molecule has 0 spiro atoms. The molecular weight excluding hydrogens is 298 g/mol. The number of carbonyl (C=O) groups is 2. The predicted molar refractivity (Wildman–Crippen MR) is 84.6 cm³/mol. The maximum atomic E-state index is 11.9. The van der Waals surface area contributed by atoms with Gasteiger partial charge in [-0.05, 0) is 30.4 Å². The minimum absolute atomic E-state index is 0.283. The number of hydrogen-bond donors (Lipinski definition) is 2. The van der Waals surface area contributed by atoms with Crippen LogP contribution in [0, 0.1) is 0 Å². The number of amides is 1. The fourth-order valence-corrected chi connectivity index (χ4v) is 2.55. The Bertz CT molecular complexity index is 558. The second-order valence-corrected chi connectivity index (χ2v) is 5.86. The van der Waals surface area contributed by atoms with Gasteiger partial charge in [-0.1, -0.05) is 32.0 Å². The van der Waals surface area contributed by atoms with Crippen LogP contribution in [-0.4, -0.2) is 42.3 Å². The summed E-state index contributed by atoms with van der Waals surface area (Å²) in [5, 5.41) is 11.6. The first kappa shape index (κ1) is 17.3. The average Bonchev–Trinajstić information content (AvgIpc) is 3.02. The number of ether oxygens (including phenoxy) is 2. The van der Waals surface area contributed by atoms with E-state index in [-0.39, 0.29) is 5.91 Å². The number of carboxylic acid groups (broad SMARTS) is 1. The van der Waals surface area contributed by atoms with Crippen molar-refractivity contribution in [2.45, 2.75) is 44.8 Å². The number of aliphatic carboxylic acids is 1. The van der Waals surface area contributed by atoms with Crippen LogP contribution in [0.1, 0.15) is 38.2 Å². The fourth-order valence-electron chi connectivity index (χ4n) is 2.55. The van der Waals surface area contributed by atoms with Crippen LogP contribution in [0.5, 0.6) is 5.75 Å². The molecule has 23 heavy (non-hydrogen) atoms. The summed E-state index contributed by atoms with van der Waals surface area (Å²) in [6, 6.07) is 7.82. The van der Waals surface area contributed by atoms with E-state index in [1.807, 2.05) is 24.3 Å². The van der Waals surface area contributed by atoms with Crippen LogP contribution in [0.25, 0.3) is 0 Å². The average molecular weight is 321 g/mol. The van der Waals surface area contributed by atoms with Gasteiger partial charge in [0.05, 0.1) is 6.54 Å². The van der Waals surface area contributed by atoms with Gasteiger partial charge in [-0.25, -0.2) is 4.79 Å². The van der Waals surface area contributed by atoms with E-state index in [0.717, 1.165) is 11.3 Å². The highest BCUT2D eigenvalue weighted by atomic mass is 16.5. The third-order valence-electron chi connectivity index (χ3n) is 3.79. The number of carbonyl (C=O) groups excluding carboxylic acids is 1. The molecule has 1 amide bonds. The summed E-state index contributed by atoms with van der Waals surface area (Å²) in [6.45, 7) is 4.90. The topological polar surface area (TPSA) is 84.9 Å². The predicted octanol–water partition coefficient (Wildman–Crippen LogP) is 1.94. The number of carboxylic acids is 1. The molecule has 6 nitrogen and oxygen atoms in total. The molecule has 0 saturated carbocycles. The van der Waals surface area contributed by atoms with Crippen LogP contribution in [0.4, 0.5) is 0 Å². The maximum Gasteiger partial charge on any atom is 0.332 e. The molecule has 1 aliphatic heterocycles. The third-order valence-corrected chi connectivity index (χ3v) is 3.79. The van der Waals surface area contributed by atoms with Gasteiger partial charge in [-0.3, -0.25) is 4.79 Å². The van der Waals surface area contributed by atoms with E-state index in [1.165, 1.54) is 0 Å². The second kappa shape index (κ2) is 7.97. The molecule has 2 N–H and O–H groups in total. The first-order valence-electron chi connectivity index (χ1n) is 7.86. The van der Waals surface area contributed by atoms with E-state index in [0.29, 0.717) is 31.9 Å². The molecule has 2 atom stereocenters. The molecule has 2 rings (SSSR count). The molecule has 6 heteroatoms. The van der Waals surface area contributed by atoms with Gasteiger partial charge in [0, 0.05) is 0 Å². The van der Waals surface area contributed by atoms with E-state index >= 15 is 0 Å². The van der Waals surface area contributed by atoms with E-state index in [9.17, 15) is 9.59 Å². The van der Waals surface area contributed by atoms with Gasteiger partial charge >= 0.3 is 5.97 Å². The quantitative estimate of drug-likeness (QED) is 0.750. The monoisotopic (exact) mass is 321 g/mol. The Morgan fingerprint density at radius 3 is 2.65 bits per heavy atom. The van der Waals surface area contributed by atoms with Gasteiger partial charge in [-0.15, -0.1) is 0 Å². The Morgan fingerprint density at radius 2 is 2.00 bits per heavy atom. The van der Waals surface area contributed by atoms with Crippen molar-refractivity contribution >= 4 is 11.9 Å². The molecular formula is C17H23NO5. The van der Waals surface area contributed by atoms with Gasteiger partial charge in [-0.2, -0.15) is 0 Å². The fraction of sp³-hybridized carbons (Fsp3) is 0.529. The van der Waals surface area contributed by atoms with Crippen molar-refractivity contribution in [2.75, 3.05) is 13.2 Å². The van der Waals surface area contributed by atoms with E-state index in [4.69, 9.17) is 14.6 Å². The number of rotatable bonds is 7. The molecule has 1 saturated heterocycles. The lowest BCUT2D eigenvalue weighted by atomic mass is 10.0. The highest BCUT2D eigenvalue weighted by Crippen LogP contribution is 2.25. The summed E-state index contributed by atoms with van der Waals surface area (Å²) >= 11 is 0. The molecule has 1 aromatic carbocycles. The molecule has 1 fully saturated rings. The number of hydrogen-bond acceptors (Lipinski definition) is 4. The smallest absolute Gasteiger partial charge is 0.332 e. The van der Waals surface area contributed by atoms with Crippen LogP contribution in [0.2, 0.25) is 0 Å². The summed E-state index contributed by atoms with van der Waals surface area (Å²) < 4.78 is 10.9.